The van der Waals surface area contributed by atoms with Gasteiger partial charge < -0.3 is 15.3 Å². The van der Waals surface area contributed by atoms with Crippen LogP contribution in [0.15, 0.2) is 0 Å². The van der Waals surface area contributed by atoms with Gasteiger partial charge in [-0.25, -0.2) is 0 Å². The second kappa shape index (κ2) is 5.83. The molecular weight excluding hydrogens is 216 g/mol. The van der Waals surface area contributed by atoms with Gasteiger partial charge in [0.05, 0.1) is 13.2 Å². The fraction of sp³-hybridized carbons (Fsp3) is 0.923. The normalized spacial score (nSPS) is 23.9. The molecule has 0 radical (unpaired) electrons. The number of amides is 1. The minimum atomic E-state index is -0.151. The number of nitrogens with one attached hydrogen (secondary N) is 1. The molecule has 0 spiro atoms. The standard InChI is InChI=1S/C13H24N2O2/c16-11-13(6-5-7-13)14-10-12(17)15-8-3-1-2-4-9-15/h14,16H,1-11H2. The SMILES string of the molecule is O=C(CNC1(CO)CCC1)N1CCCCCC1. The van der Waals surface area contributed by atoms with E-state index in [2.05, 4.69) is 5.32 Å². The summed E-state index contributed by atoms with van der Waals surface area (Å²) in [6, 6.07) is 0. The predicted octanol–water partition coefficient (Wildman–Crippen LogP) is 0.894. The predicted molar refractivity (Wildman–Crippen MR) is 66.7 cm³/mol. The molecule has 17 heavy (non-hydrogen) atoms. The number of aliphatic hydroxyl groups excluding tert-OH is 1. The van der Waals surface area contributed by atoms with E-state index in [-0.39, 0.29) is 18.1 Å². The van der Waals surface area contributed by atoms with E-state index < -0.39 is 0 Å². The minimum absolute atomic E-state index is 0.151. The zero-order valence-electron chi connectivity index (χ0n) is 10.6. The van der Waals surface area contributed by atoms with Crippen LogP contribution in [-0.2, 0) is 4.79 Å². The van der Waals surface area contributed by atoms with Gasteiger partial charge in [0.1, 0.15) is 0 Å². The van der Waals surface area contributed by atoms with Gasteiger partial charge in [-0.3, -0.25) is 4.79 Å². The Morgan fingerprint density at radius 1 is 1.12 bits per heavy atom. The number of likely N-dealkylation sites (tertiary alicyclic amines) is 1. The maximum absolute atomic E-state index is 12.0. The molecule has 0 aromatic carbocycles. The molecule has 0 unspecified atom stereocenters. The molecule has 4 heteroatoms. The van der Waals surface area contributed by atoms with Crippen LogP contribution in [0.3, 0.4) is 0 Å². The van der Waals surface area contributed by atoms with E-state index >= 15 is 0 Å². The molecule has 2 fully saturated rings. The molecule has 4 nitrogen and oxygen atoms in total. The fourth-order valence-electron chi connectivity index (χ4n) is 2.69. The van der Waals surface area contributed by atoms with Crippen molar-refractivity contribution in [2.24, 2.45) is 0 Å². The quantitative estimate of drug-likeness (QED) is 0.767. The number of carbonyl (C=O) groups excluding carboxylic acids is 1. The van der Waals surface area contributed by atoms with Crippen LogP contribution in [-0.4, -0.2) is 47.7 Å². The van der Waals surface area contributed by atoms with Crippen LogP contribution in [0.5, 0.6) is 0 Å². The molecule has 1 heterocycles. The van der Waals surface area contributed by atoms with Crippen LogP contribution >= 0.6 is 0 Å². The number of nitrogens with zero attached hydrogens (tertiary/aromatic N) is 1. The second-order valence-corrected chi connectivity index (χ2v) is 5.44. The van der Waals surface area contributed by atoms with Gasteiger partial charge in [0.2, 0.25) is 5.91 Å². The molecule has 1 saturated carbocycles. The monoisotopic (exact) mass is 240 g/mol. The molecule has 98 valence electrons. The third-order valence-electron chi connectivity index (χ3n) is 4.19. The molecule has 2 rings (SSSR count). The van der Waals surface area contributed by atoms with Crippen LogP contribution in [0.1, 0.15) is 44.9 Å². The van der Waals surface area contributed by atoms with Crippen LogP contribution in [0.4, 0.5) is 0 Å². The average molecular weight is 240 g/mol. The number of carbonyl (C=O) groups is 1. The summed E-state index contributed by atoms with van der Waals surface area (Å²) < 4.78 is 0. The molecule has 1 aliphatic heterocycles. The lowest BCUT2D eigenvalue weighted by molar-refractivity contribution is -0.131. The first kappa shape index (κ1) is 12.8. The molecule has 0 aromatic heterocycles. The van der Waals surface area contributed by atoms with E-state index in [4.69, 9.17) is 0 Å². The van der Waals surface area contributed by atoms with Crippen LogP contribution in [0.2, 0.25) is 0 Å². The van der Waals surface area contributed by atoms with Gasteiger partial charge >= 0.3 is 0 Å². The van der Waals surface area contributed by atoms with Crippen molar-refractivity contribution in [3.05, 3.63) is 0 Å². The van der Waals surface area contributed by atoms with Gasteiger partial charge in [0.15, 0.2) is 0 Å². The number of hydrogen-bond donors (Lipinski definition) is 2. The first-order valence-corrected chi connectivity index (χ1v) is 6.89. The maximum Gasteiger partial charge on any atom is 0.236 e. The lowest BCUT2D eigenvalue weighted by Crippen LogP contribution is -2.56. The van der Waals surface area contributed by atoms with Crippen LogP contribution < -0.4 is 5.32 Å². The van der Waals surface area contributed by atoms with Crippen molar-refractivity contribution < 1.29 is 9.90 Å². The summed E-state index contributed by atoms with van der Waals surface area (Å²) in [5.41, 5.74) is -0.151. The Morgan fingerprint density at radius 3 is 2.24 bits per heavy atom. The number of hydrogen-bond acceptors (Lipinski definition) is 3. The fourth-order valence-corrected chi connectivity index (χ4v) is 2.69. The summed E-state index contributed by atoms with van der Waals surface area (Å²) >= 11 is 0. The van der Waals surface area contributed by atoms with Gasteiger partial charge in [-0.15, -0.1) is 0 Å². The Balaban J connectivity index is 1.75. The Hall–Kier alpha value is -0.610. The van der Waals surface area contributed by atoms with E-state index in [1.165, 1.54) is 12.8 Å². The lowest BCUT2D eigenvalue weighted by atomic mass is 9.77. The Morgan fingerprint density at radius 2 is 1.76 bits per heavy atom. The van der Waals surface area contributed by atoms with E-state index in [1.54, 1.807) is 0 Å². The molecule has 0 aromatic rings. The molecule has 2 aliphatic rings. The van der Waals surface area contributed by atoms with Crippen molar-refractivity contribution in [1.29, 1.82) is 0 Å². The zero-order valence-corrected chi connectivity index (χ0v) is 10.6. The molecule has 1 aliphatic carbocycles. The van der Waals surface area contributed by atoms with Gasteiger partial charge in [-0.1, -0.05) is 12.8 Å². The molecule has 0 bridgehead atoms. The third-order valence-corrected chi connectivity index (χ3v) is 4.19. The summed E-state index contributed by atoms with van der Waals surface area (Å²) in [4.78, 5) is 14.0. The van der Waals surface area contributed by atoms with Crippen LogP contribution in [0, 0.1) is 0 Å². The van der Waals surface area contributed by atoms with Crippen molar-refractivity contribution in [3.63, 3.8) is 0 Å². The summed E-state index contributed by atoms with van der Waals surface area (Å²) in [6.07, 6.45) is 7.92. The molecular formula is C13H24N2O2. The average Bonchev–Trinajstić information content (AvgIpc) is 2.56. The third kappa shape index (κ3) is 3.19. The highest BCUT2D eigenvalue weighted by atomic mass is 16.3. The Bertz CT molecular complexity index is 251. The van der Waals surface area contributed by atoms with E-state index in [1.807, 2.05) is 4.90 Å². The number of rotatable bonds is 4. The van der Waals surface area contributed by atoms with E-state index in [0.29, 0.717) is 6.54 Å². The minimum Gasteiger partial charge on any atom is -0.394 e. The van der Waals surface area contributed by atoms with Gasteiger partial charge in [-0.2, -0.15) is 0 Å². The Labute approximate surface area is 103 Å². The first-order chi connectivity index (χ1) is 8.26. The summed E-state index contributed by atoms with van der Waals surface area (Å²) in [7, 11) is 0. The molecule has 2 N–H and O–H groups in total. The maximum atomic E-state index is 12.0. The van der Waals surface area contributed by atoms with Crippen molar-refractivity contribution in [2.75, 3.05) is 26.2 Å². The second-order valence-electron chi connectivity index (χ2n) is 5.44. The van der Waals surface area contributed by atoms with Crippen molar-refractivity contribution in [1.82, 2.24) is 10.2 Å². The number of aliphatic hydroxyl groups is 1. The Kier molecular flexibility index (Phi) is 4.40. The largest absolute Gasteiger partial charge is 0.394 e. The van der Waals surface area contributed by atoms with Gasteiger partial charge in [-0.05, 0) is 32.1 Å². The zero-order chi connectivity index (χ0) is 12.1. The van der Waals surface area contributed by atoms with Crippen molar-refractivity contribution in [3.8, 4) is 0 Å². The van der Waals surface area contributed by atoms with Crippen molar-refractivity contribution >= 4 is 5.91 Å². The topological polar surface area (TPSA) is 52.6 Å². The van der Waals surface area contributed by atoms with Gasteiger partial charge in [0, 0.05) is 18.6 Å². The van der Waals surface area contributed by atoms with Gasteiger partial charge in [0.25, 0.3) is 0 Å². The highest BCUT2D eigenvalue weighted by molar-refractivity contribution is 5.78. The summed E-state index contributed by atoms with van der Waals surface area (Å²) in [5.74, 6) is 0.201. The van der Waals surface area contributed by atoms with E-state index in [9.17, 15) is 9.90 Å². The van der Waals surface area contributed by atoms with E-state index in [0.717, 1.165) is 45.2 Å². The lowest BCUT2D eigenvalue weighted by Gasteiger charge is -2.41. The molecule has 1 amide bonds. The van der Waals surface area contributed by atoms with Crippen molar-refractivity contribution in [2.45, 2.75) is 50.5 Å². The molecule has 1 saturated heterocycles. The highest BCUT2D eigenvalue weighted by Crippen LogP contribution is 2.30. The highest BCUT2D eigenvalue weighted by Gasteiger charge is 2.36. The first-order valence-electron chi connectivity index (χ1n) is 6.89. The summed E-state index contributed by atoms with van der Waals surface area (Å²) in [6.45, 7) is 2.36. The summed E-state index contributed by atoms with van der Waals surface area (Å²) in [5, 5.41) is 12.6. The van der Waals surface area contributed by atoms with Crippen LogP contribution in [0.25, 0.3) is 0 Å². The molecule has 0 atom stereocenters. The smallest absolute Gasteiger partial charge is 0.236 e.